The second kappa shape index (κ2) is 12.0. The minimum Gasteiger partial charge on any atom is -0.497 e. The molecule has 0 unspecified atom stereocenters. The van der Waals surface area contributed by atoms with Crippen molar-refractivity contribution in [1.82, 2.24) is 9.88 Å². The van der Waals surface area contributed by atoms with Gasteiger partial charge >= 0.3 is 0 Å². The highest BCUT2D eigenvalue weighted by Crippen LogP contribution is 2.34. The van der Waals surface area contributed by atoms with Crippen molar-refractivity contribution in [1.29, 1.82) is 0 Å². The number of thiazole rings is 1. The van der Waals surface area contributed by atoms with Gasteiger partial charge in [-0.05, 0) is 80.0 Å². The number of hydrogen-bond donors (Lipinski definition) is 0. The van der Waals surface area contributed by atoms with Crippen molar-refractivity contribution in [2.75, 3.05) is 49.0 Å². The van der Waals surface area contributed by atoms with Crippen LogP contribution in [0, 0.1) is 0 Å². The van der Waals surface area contributed by atoms with Crippen molar-refractivity contribution in [3.8, 4) is 5.75 Å². The second-order valence-electron chi connectivity index (χ2n) is 9.65. The third-order valence-electron chi connectivity index (χ3n) is 7.35. The minimum absolute atomic E-state index is 0.169. The number of anilines is 2. The van der Waals surface area contributed by atoms with Gasteiger partial charge in [-0.1, -0.05) is 43.4 Å². The summed E-state index contributed by atoms with van der Waals surface area (Å²) in [7, 11) is -2.14. The van der Waals surface area contributed by atoms with E-state index in [4.69, 9.17) is 9.72 Å². The molecule has 0 radical (unpaired) electrons. The van der Waals surface area contributed by atoms with Crippen molar-refractivity contribution in [3.63, 3.8) is 0 Å². The molecule has 3 aromatic carbocycles. The zero-order valence-corrected chi connectivity index (χ0v) is 24.7. The third-order valence-corrected chi connectivity index (χ3v) is 10.2. The largest absolute Gasteiger partial charge is 0.497 e. The van der Waals surface area contributed by atoms with Gasteiger partial charge in [0.05, 0.1) is 27.9 Å². The van der Waals surface area contributed by atoms with E-state index < -0.39 is 10.0 Å². The topological polar surface area (TPSA) is 83.1 Å². The van der Waals surface area contributed by atoms with Gasteiger partial charge < -0.3 is 9.64 Å². The molecule has 1 aliphatic heterocycles. The standard InChI is InChI=1S/C30H34N4O4S2/c1-4-32(5-2)19-20-33(30-31-26-17-14-24(38-3)21-28(26)39-30)29(35)23-12-15-25(16-13-23)40(36,37)34-18-8-10-22-9-6-7-11-27(22)34/h6-7,9,11-17,21H,4-5,8,10,18-20H2,1-3H3. The summed E-state index contributed by atoms with van der Waals surface area (Å²) in [6.45, 7) is 7.53. The summed E-state index contributed by atoms with van der Waals surface area (Å²) in [5.41, 5.74) is 2.96. The van der Waals surface area contributed by atoms with Gasteiger partial charge in [0.1, 0.15) is 5.75 Å². The first kappa shape index (κ1) is 28.1. The Balaban J connectivity index is 1.44. The Kier molecular flexibility index (Phi) is 8.39. The first-order chi connectivity index (χ1) is 19.3. The lowest BCUT2D eigenvalue weighted by Gasteiger charge is -2.30. The number of carbonyl (C=O) groups excluding carboxylic acids is 1. The molecular formula is C30H34N4O4S2. The van der Waals surface area contributed by atoms with Gasteiger partial charge in [-0.3, -0.25) is 14.0 Å². The van der Waals surface area contributed by atoms with Gasteiger partial charge in [0.2, 0.25) is 0 Å². The highest BCUT2D eigenvalue weighted by Gasteiger charge is 2.29. The summed E-state index contributed by atoms with van der Waals surface area (Å²) in [5.74, 6) is 0.516. The number of hydrogen-bond acceptors (Lipinski definition) is 7. The number of amides is 1. The number of benzene rings is 3. The summed E-state index contributed by atoms with van der Waals surface area (Å²) in [6, 6.07) is 19.6. The highest BCUT2D eigenvalue weighted by atomic mass is 32.2. The van der Waals surface area contributed by atoms with Crippen LogP contribution in [0.4, 0.5) is 10.8 Å². The molecule has 0 aliphatic carbocycles. The molecule has 0 atom stereocenters. The zero-order valence-electron chi connectivity index (χ0n) is 23.0. The quantitative estimate of drug-likeness (QED) is 0.249. The van der Waals surface area contributed by atoms with Crippen LogP contribution in [0.2, 0.25) is 0 Å². The Morgan fingerprint density at radius 1 is 1.02 bits per heavy atom. The van der Waals surface area contributed by atoms with E-state index in [9.17, 15) is 13.2 Å². The number of carbonyl (C=O) groups is 1. The fourth-order valence-corrected chi connectivity index (χ4v) is 7.56. The van der Waals surface area contributed by atoms with E-state index in [1.54, 1.807) is 24.1 Å². The lowest BCUT2D eigenvalue weighted by atomic mass is 10.0. The molecule has 5 rings (SSSR count). The van der Waals surface area contributed by atoms with Gasteiger partial charge in [0, 0.05) is 25.2 Å². The molecule has 1 aromatic heterocycles. The van der Waals surface area contributed by atoms with E-state index in [-0.39, 0.29) is 10.8 Å². The number of nitrogens with zero attached hydrogens (tertiary/aromatic N) is 4. The van der Waals surface area contributed by atoms with Crippen LogP contribution in [0.5, 0.6) is 5.75 Å². The molecule has 0 spiro atoms. The van der Waals surface area contributed by atoms with Crippen LogP contribution in [0.3, 0.4) is 0 Å². The molecule has 0 saturated heterocycles. The molecule has 40 heavy (non-hydrogen) atoms. The summed E-state index contributed by atoms with van der Waals surface area (Å²) in [5, 5.41) is 0.599. The number of fused-ring (bicyclic) bond motifs is 2. The fraction of sp³-hybridized carbons (Fsp3) is 0.333. The van der Waals surface area contributed by atoms with E-state index in [1.807, 2.05) is 42.5 Å². The lowest BCUT2D eigenvalue weighted by molar-refractivity contribution is 0.0983. The van der Waals surface area contributed by atoms with Gasteiger partial charge in [-0.25, -0.2) is 13.4 Å². The average Bonchev–Trinajstić information content (AvgIpc) is 3.41. The number of rotatable bonds is 10. The molecule has 1 aliphatic rings. The summed E-state index contributed by atoms with van der Waals surface area (Å²) in [6.07, 6.45) is 1.62. The molecule has 0 fully saturated rings. The first-order valence-electron chi connectivity index (χ1n) is 13.5. The third kappa shape index (κ3) is 5.56. The molecule has 2 heterocycles. The van der Waals surface area contributed by atoms with Crippen LogP contribution in [0.1, 0.15) is 36.2 Å². The smallest absolute Gasteiger partial charge is 0.264 e. The number of ether oxygens (including phenoxy) is 1. The van der Waals surface area contributed by atoms with E-state index in [1.165, 1.54) is 27.8 Å². The lowest BCUT2D eigenvalue weighted by Crippen LogP contribution is -2.39. The Morgan fingerprint density at radius 2 is 1.77 bits per heavy atom. The summed E-state index contributed by atoms with van der Waals surface area (Å²) in [4.78, 5) is 22.7. The molecule has 4 aromatic rings. The fourth-order valence-electron chi connectivity index (χ4n) is 5.00. The van der Waals surface area contributed by atoms with Crippen molar-refractivity contribution >= 4 is 48.3 Å². The molecule has 10 heteroatoms. The van der Waals surface area contributed by atoms with Crippen LogP contribution >= 0.6 is 11.3 Å². The van der Waals surface area contributed by atoms with Crippen LogP contribution in [0.25, 0.3) is 10.2 Å². The number of methoxy groups -OCH3 is 1. The van der Waals surface area contributed by atoms with Crippen LogP contribution in [-0.4, -0.2) is 64.0 Å². The molecule has 210 valence electrons. The molecule has 0 N–H and O–H groups in total. The van der Waals surface area contributed by atoms with Crippen molar-refractivity contribution in [3.05, 3.63) is 77.9 Å². The Morgan fingerprint density at radius 3 is 2.50 bits per heavy atom. The van der Waals surface area contributed by atoms with Crippen LogP contribution in [-0.2, 0) is 16.4 Å². The first-order valence-corrected chi connectivity index (χ1v) is 15.8. The number of likely N-dealkylation sites (N-methyl/N-ethyl adjacent to an activating group) is 1. The predicted molar refractivity (Wildman–Crippen MR) is 161 cm³/mol. The zero-order chi connectivity index (χ0) is 28.3. The second-order valence-corrected chi connectivity index (χ2v) is 12.5. The van der Waals surface area contributed by atoms with Crippen LogP contribution in [0.15, 0.2) is 71.6 Å². The SMILES string of the molecule is CCN(CC)CCN(C(=O)c1ccc(S(=O)(=O)N2CCCc3ccccc32)cc1)c1nc2ccc(OC)cc2s1. The Bertz CT molecular complexity index is 1600. The Hall–Kier alpha value is -3.47. The van der Waals surface area contributed by atoms with Gasteiger partial charge in [0.15, 0.2) is 5.13 Å². The maximum absolute atomic E-state index is 13.9. The highest BCUT2D eigenvalue weighted by molar-refractivity contribution is 7.92. The minimum atomic E-state index is -3.76. The Labute approximate surface area is 239 Å². The van der Waals surface area contributed by atoms with Crippen molar-refractivity contribution in [2.24, 2.45) is 0 Å². The van der Waals surface area contributed by atoms with Crippen molar-refractivity contribution in [2.45, 2.75) is 31.6 Å². The average molecular weight is 579 g/mol. The van der Waals surface area contributed by atoms with Gasteiger partial charge in [0.25, 0.3) is 15.9 Å². The molecule has 1 amide bonds. The van der Waals surface area contributed by atoms with Gasteiger partial charge in [-0.2, -0.15) is 0 Å². The van der Waals surface area contributed by atoms with Gasteiger partial charge in [-0.15, -0.1) is 0 Å². The monoisotopic (exact) mass is 578 g/mol. The number of aryl methyl sites for hydroxylation is 1. The summed E-state index contributed by atoms with van der Waals surface area (Å²) < 4.78 is 34.9. The molecule has 8 nitrogen and oxygen atoms in total. The van der Waals surface area contributed by atoms with Crippen molar-refractivity contribution < 1.29 is 17.9 Å². The predicted octanol–water partition coefficient (Wildman–Crippen LogP) is 5.44. The van der Waals surface area contributed by atoms with E-state index in [2.05, 4.69) is 18.7 Å². The van der Waals surface area contributed by atoms with E-state index in [0.717, 1.165) is 53.1 Å². The normalized spacial score (nSPS) is 13.4. The number of sulfonamides is 1. The molecule has 0 bridgehead atoms. The van der Waals surface area contributed by atoms with E-state index in [0.29, 0.717) is 30.3 Å². The number of aromatic nitrogens is 1. The van der Waals surface area contributed by atoms with E-state index >= 15 is 0 Å². The van der Waals surface area contributed by atoms with Crippen LogP contribution < -0.4 is 13.9 Å². The summed E-state index contributed by atoms with van der Waals surface area (Å²) >= 11 is 1.44. The molecular weight excluding hydrogens is 544 g/mol. The molecule has 0 saturated carbocycles. The maximum atomic E-state index is 13.9. The number of para-hydroxylation sites is 1. The maximum Gasteiger partial charge on any atom is 0.264 e.